The van der Waals surface area contributed by atoms with Crippen LogP contribution in [0.25, 0.3) is 0 Å². The number of amides is 3. The number of aliphatic imine (C=N–C) groups is 1. The molecule has 1 saturated heterocycles. The van der Waals surface area contributed by atoms with Crippen LogP contribution in [0.2, 0.25) is 0 Å². The zero-order valence-corrected chi connectivity index (χ0v) is 25.4. The maximum absolute atomic E-state index is 13.3. The molecule has 2 fully saturated rings. The lowest BCUT2D eigenvalue weighted by atomic mass is 10.1. The zero-order chi connectivity index (χ0) is 31.0. The van der Waals surface area contributed by atoms with Crippen molar-refractivity contribution in [3.8, 4) is 11.8 Å². The van der Waals surface area contributed by atoms with Gasteiger partial charge in [0.15, 0.2) is 0 Å². The van der Waals surface area contributed by atoms with Gasteiger partial charge in [0.2, 0.25) is 11.8 Å². The first-order chi connectivity index (χ1) is 19.9. The standard InChI is InChI=1S/C28H32N6O4.C4H10/c1-28(9-10-28)31-15-19-11-18(13-23(38-3)25(19)30)27(37)33(2)17-24(35)34-16-20(12-22(34)14-29)26(36)32-21-7-5-4-6-8-21;1-4(2)3/h4-8,11,13,15,20,22H,9-10,12,16-17,30H2,1-3H3,(H,32,36);4H,1-3H3. The number of hydrogen-bond acceptors (Lipinski definition) is 7. The number of para-hydroxylation sites is 1. The van der Waals surface area contributed by atoms with Gasteiger partial charge in [0.25, 0.3) is 5.91 Å². The number of benzene rings is 2. The van der Waals surface area contributed by atoms with E-state index in [1.807, 2.05) is 25.1 Å². The molecule has 2 aromatic carbocycles. The highest BCUT2D eigenvalue weighted by molar-refractivity contribution is 6.01. The third-order valence-electron chi connectivity index (χ3n) is 7.03. The van der Waals surface area contributed by atoms with Crippen LogP contribution in [0.4, 0.5) is 11.4 Å². The highest BCUT2D eigenvalue weighted by atomic mass is 16.5. The van der Waals surface area contributed by atoms with Gasteiger partial charge in [-0.25, -0.2) is 0 Å². The number of anilines is 2. The Morgan fingerprint density at radius 1 is 1.24 bits per heavy atom. The number of carbonyl (C=O) groups excluding carboxylic acids is 3. The van der Waals surface area contributed by atoms with Crippen molar-refractivity contribution in [2.45, 2.75) is 58.5 Å². The van der Waals surface area contributed by atoms with Gasteiger partial charge in [0.1, 0.15) is 11.8 Å². The second-order valence-electron chi connectivity index (χ2n) is 11.8. The van der Waals surface area contributed by atoms with Crippen LogP contribution in [-0.2, 0) is 9.59 Å². The number of rotatable bonds is 8. The number of nitrogens with two attached hydrogens (primary N) is 1. The van der Waals surface area contributed by atoms with Gasteiger partial charge in [-0.2, -0.15) is 5.26 Å². The fourth-order valence-electron chi connectivity index (χ4n) is 4.36. The molecular weight excluding hydrogens is 532 g/mol. The summed E-state index contributed by atoms with van der Waals surface area (Å²) >= 11 is 0. The summed E-state index contributed by atoms with van der Waals surface area (Å²) in [6.45, 7) is 8.40. The highest BCUT2D eigenvalue weighted by Crippen LogP contribution is 2.39. The van der Waals surface area contributed by atoms with Crippen LogP contribution in [0.5, 0.6) is 5.75 Å². The molecule has 3 amide bonds. The summed E-state index contributed by atoms with van der Waals surface area (Å²) in [5.74, 6) is -0.418. The number of methoxy groups -OCH3 is 1. The Kier molecular flexibility index (Phi) is 10.7. The van der Waals surface area contributed by atoms with Crippen molar-refractivity contribution < 1.29 is 19.1 Å². The van der Waals surface area contributed by atoms with Crippen LogP contribution in [0, 0.1) is 23.2 Å². The van der Waals surface area contributed by atoms with Crippen molar-refractivity contribution in [3.05, 3.63) is 53.6 Å². The Labute approximate surface area is 248 Å². The second-order valence-corrected chi connectivity index (χ2v) is 11.8. The molecular formula is C32H42N6O4. The number of hydrogen-bond donors (Lipinski definition) is 2. The van der Waals surface area contributed by atoms with Gasteiger partial charge in [0, 0.05) is 36.6 Å². The van der Waals surface area contributed by atoms with Crippen LogP contribution in [0.1, 0.15) is 62.9 Å². The van der Waals surface area contributed by atoms with Gasteiger partial charge in [0.05, 0.1) is 36.9 Å². The van der Waals surface area contributed by atoms with Crippen molar-refractivity contribution in [1.82, 2.24) is 9.80 Å². The molecule has 2 unspecified atom stereocenters. The van der Waals surface area contributed by atoms with Crippen LogP contribution >= 0.6 is 0 Å². The monoisotopic (exact) mass is 574 g/mol. The Morgan fingerprint density at radius 2 is 1.88 bits per heavy atom. The summed E-state index contributed by atoms with van der Waals surface area (Å²) in [6.07, 6.45) is 3.89. The van der Waals surface area contributed by atoms with Gasteiger partial charge >= 0.3 is 0 Å². The van der Waals surface area contributed by atoms with Crippen LogP contribution in [-0.4, -0.2) is 72.6 Å². The second kappa shape index (κ2) is 14.0. The fraction of sp³-hybridized carbons (Fsp3) is 0.469. The Bertz CT molecular complexity index is 1340. The maximum atomic E-state index is 13.3. The minimum atomic E-state index is -0.749. The topological polar surface area (TPSA) is 141 Å². The molecule has 0 bridgehead atoms. The zero-order valence-electron chi connectivity index (χ0n) is 25.4. The smallest absolute Gasteiger partial charge is 0.254 e. The van der Waals surface area contributed by atoms with E-state index in [4.69, 9.17) is 10.5 Å². The van der Waals surface area contributed by atoms with E-state index in [1.165, 1.54) is 30.0 Å². The Hall–Kier alpha value is -4.39. The quantitative estimate of drug-likeness (QED) is 0.354. The van der Waals surface area contributed by atoms with E-state index < -0.39 is 23.8 Å². The van der Waals surface area contributed by atoms with E-state index in [-0.39, 0.29) is 31.0 Å². The minimum Gasteiger partial charge on any atom is -0.495 e. The third-order valence-corrected chi connectivity index (χ3v) is 7.03. The molecule has 10 heteroatoms. The lowest BCUT2D eigenvalue weighted by Gasteiger charge is -2.24. The molecule has 1 aliphatic heterocycles. The number of likely N-dealkylation sites (tertiary alicyclic amines) is 1. The van der Waals surface area contributed by atoms with Gasteiger partial charge in [-0.05, 0) is 56.4 Å². The number of nitriles is 1. The Balaban J connectivity index is 0.00000114. The lowest BCUT2D eigenvalue weighted by Crippen LogP contribution is -2.43. The molecule has 1 heterocycles. The number of carbonyl (C=O) groups is 3. The van der Waals surface area contributed by atoms with E-state index in [9.17, 15) is 19.6 Å². The third kappa shape index (κ3) is 8.56. The number of nitrogen functional groups attached to an aromatic ring is 1. The molecule has 42 heavy (non-hydrogen) atoms. The summed E-state index contributed by atoms with van der Waals surface area (Å²) in [7, 11) is 2.98. The molecule has 2 aromatic rings. The average molecular weight is 575 g/mol. The molecule has 4 rings (SSSR count). The van der Waals surface area contributed by atoms with E-state index >= 15 is 0 Å². The van der Waals surface area contributed by atoms with Gasteiger partial charge in [-0.15, -0.1) is 0 Å². The normalized spacial score (nSPS) is 18.6. The molecule has 224 valence electrons. The number of nitrogens with one attached hydrogen (secondary N) is 1. The highest BCUT2D eigenvalue weighted by Gasteiger charge is 2.39. The fourth-order valence-corrected chi connectivity index (χ4v) is 4.36. The number of ether oxygens (including phenoxy) is 1. The molecule has 1 aliphatic carbocycles. The number of nitrogens with zero attached hydrogens (tertiary/aromatic N) is 4. The summed E-state index contributed by atoms with van der Waals surface area (Å²) in [4.78, 5) is 46.4. The molecule has 2 aliphatic rings. The molecule has 0 spiro atoms. The van der Waals surface area contributed by atoms with Gasteiger partial charge in [-0.3, -0.25) is 19.4 Å². The molecule has 0 radical (unpaired) electrons. The predicted molar refractivity (Wildman–Crippen MR) is 164 cm³/mol. The molecule has 2 atom stereocenters. The Morgan fingerprint density at radius 3 is 2.45 bits per heavy atom. The first-order valence-corrected chi connectivity index (χ1v) is 14.2. The number of likely N-dealkylation sites (N-methyl/N-ethyl adjacent to an activating group) is 1. The van der Waals surface area contributed by atoms with Crippen molar-refractivity contribution in [2.24, 2.45) is 16.8 Å². The van der Waals surface area contributed by atoms with Gasteiger partial charge in [-0.1, -0.05) is 39.0 Å². The van der Waals surface area contributed by atoms with E-state index in [0.717, 1.165) is 18.8 Å². The van der Waals surface area contributed by atoms with Crippen molar-refractivity contribution in [2.75, 3.05) is 38.3 Å². The van der Waals surface area contributed by atoms with Crippen LogP contribution in [0.15, 0.2) is 47.5 Å². The summed E-state index contributed by atoms with van der Waals surface area (Å²) in [5, 5.41) is 12.5. The minimum absolute atomic E-state index is 0.0915. The molecule has 0 aromatic heterocycles. The molecule has 10 nitrogen and oxygen atoms in total. The summed E-state index contributed by atoms with van der Waals surface area (Å²) in [6, 6.07) is 13.5. The molecule has 1 saturated carbocycles. The SMILES string of the molecule is CC(C)C.COc1cc(C(=O)N(C)CC(=O)N2CC(C(=O)Nc3ccccc3)CC2C#N)cc(C=NC2(C)CC2)c1N. The van der Waals surface area contributed by atoms with Gasteiger partial charge < -0.3 is 25.6 Å². The average Bonchev–Trinajstić information content (AvgIpc) is 3.52. The maximum Gasteiger partial charge on any atom is 0.254 e. The van der Waals surface area contributed by atoms with Crippen molar-refractivity contribution in [3.63, 3.8) is 0 Å². The summed E-state index contributed by atoms with van der Waals surface area (Å²) < 4.78 is 5.37. The lowest BCUT2D eigenvalue weighted by molar-refractivity contribution is -0.131. The van der Waals surface area contributed by atoms with Crippen molar-refractivity contribution in [1.29, 1.82) is 5.26 Å². The van der Waals surface area contributed by atoms with Crippen molar-refractivity contribution >= 4 is 35.3 Å². The first-order valence-electron chi connectivity index (χ1n) is 14.2. The summed E-state index contributed by atoms with van der Waals surface area (Å²) in [5.41, 5.74) is 8.00. The predicted octanol–water partition coefficient (Wildman–Crippen LogP) is 4.36. The molecule has 3 N–H and O–H groups in total. The van der Waals surface area contributed by atoms with E-state index in [2.05, 4.69) is 37.1 Å². The first kappa shape index (κ1) is 32.1. The van der Waals surface area contributed by atoms with Crippen LogP contribution in [0.3, 0.4) is 0 Å². The van der Waals surface area contributed by atoms with E-state index in [1.54, 1.807) is 24.4 Å². The largest absolute Gasteiger partial charge is 0.495 e. The van der Waals surface area contributed by atoms with E-state index in [0.29, 0.717) is 28.3 Å². The van der Waals surface area contributed by atoms with Crippen LogP contribution < -0.4 is 15.8 Å².